The number of hydrogen-bond donors (Lipinski definition) is 2. The largest absolute Gasteiger partial charge is 0.467 e. The zero-order chi connectivity index (χ0) is 32.2. The van der Waals surface area contributed by atoms with Crippen LogP contribution in [0.4, 0.5) is 0 Å². The number of fused-ring (bicyclic) bond motifs is 5. The van der Waals surface area contributed by atoms with Gasteiger partial charge in [-0.1, -0.05) is 104 Å². The number of allylic oxidation sites excluding steroid dienone is 6. The molecule has 2 aliphatic heterocycles. The average Bonchev–Trinajstić information content (AvgIpc) is 3.82. The van der Waals surface area contributed by atoms with Crippen LogP contribution in [0.5, 0.6) is 0 Å². The van der Waals surface area contributed by atoms with Crippen molar-refractivity contribution in [3.8, 4) is 5.69 Å². The van der Waals surface area contributed by atoms with E-state index in [1.165, 1.54) is 21.7 Å². The highest BCUT2D eigenvalue weighted by atomic mass is 16.5. The lowest BCUT2D eigenvalue weighted by Gasteiger charge is -2.29. The van der Waals surface area contributed by atoms with Crippen molar-refractivity contribution in [3.63, 3.8) is 0 Å². The topological polar surface area (TPSA) is 43.1 Å². The normalized spacial score (nSPS) is 18.9. The van der Waals surface area contributed by atoms with E-state index in [-0.39, 0.29) is 12.3 Å². The minimum atomic E-state index is -0.303. The van der Waals surface area contributed by atoms with Crippen LogP contribution < -0.4 is 10.6 Å². The molecule has 0 fully saturated rings. The Hall–Kier alpha value is -5.94. The van der Waals surface area contributed by atoms with E-state index < -0.39 is 0 Å². The summed E-state index contributed by atoms with van der Waals surface area (Å²) in [6.45, 7) is 6.37. The van der Waals surface area contributed by atoms with Gasteiger partial charge in [0.05, 0.1) is 39.7 Å². The predicted octanol–water partition coefficient (Wildman–Crippen LogP) is 9.99. The standard InChI is InChI=1S/C43H36N4O/c1-3-15-31-33-24-25-34-32-20-11-13-22-39(32)47(42(34)41(33)46(38(31)4-2)29-18-9-6-10-19-29)30-26-36(28-16-7-5-8-17-28)44-37(27-30)43-45-35-21-12-14-23-40(35)48-43/h3-13,15-22,24-27,36,43-45H,2,14,23H2,1H3/b15-3-. The fourth-order valence-corrected chi connectivity index (χ4v) is 7.64. The zero-order valence-electron chi connectivity index (χ0n) is 26.9. The Morgan fingerprint density at radius 1 is 0.812 bits per heavy atom. The number of para-hydroxylation sites is 2. The maximum atomic E-state index is 6.56. The molecule has 0 saturated heterocycles. The molecule has 3 aliphatic rings. The van der Waals surface area contributed by atoms with Crippen LogP contribution in [0, 0.1) is 0 Å². The number of ether oxygens (including phenoxy) is 1. The van der Waals surface area contributed by atoms with Gasteiger partial charge >= 0.3 is 0 Å². The van der Waals surface area contributed by atoms with Crippen LogP contribution in [0.25, 0.3) is 56.2 Å². The molecule has 234 valence electrons. The van der Waals surface area contributed by atoms with E-state index in [0.717, 1.165) is 69.2 Å². The number of hydrogen-bond acceptors (Lipinski definition) is 3. The summed E-state index contributed by atoms with van der Waals surface area (Å²) in [4.78, 5) is 0. The number of aromatic nitrogens is 2. The van der Waals surface area contributed by atoms with Crippen molar-refractivity contribution in [1.29, 1.82) is 0 Å². The highest BCUT2D eigenvalue weighted by molar-refractivity contribution is 6.20. The smallest absolute Gasteiger partial charge is 0.210 e. The molecule has 1 aliphatic carbocycles. The van der Waals surface area contributed by atoms with Crippen molar-refractivity contribution in [2.45, 2.75) is 32.0 Å². The molecule has 6 aromatic rings. The van der Waals surface area contributed by atoms with E-state index in [9.17, 15) is 0 Å². The summed E-state index contributed by atoms with van der Waals surface area (Å²) in [6.07, 6.45) is 16.9. The lowest BCUT2D eigenvalue weighted by Crippen LogP contribution is -2.36. The Labute approximate surface area is 280 Å². The molecule has 9 rings (SSSR count). The summed E-state index contributed by atoms with van der Waals surface area (Å²) in [6, 6.07) is 34.6. The number of nitrogens with zero attached hydrogens (tertiary/aromatic N) is 2. The van der Waals surface area contributed by atoms with Gasteiger partial charge in [-0.2, -0.15) is 0 Å². The minimum absolute atomic E-state index is 0.0570. The maximum Gasteiger partial charge on any atom is 0.210 e. The molecule has 4 heterocycles. The molecule has 4 aromatic carbocycles. The summed E-state index contributed by atoms with van der Waals surface area (Å²) >= 11 is 0. The molecule has 0 radical (unpaired) electrons. The average molecular weight is 625 g/mol. The first-order valence-electron chi connectivity index (χ1n) is 16.7. The minimum Gasteiger partial charge on any atom is -0.467 e. The fraction of sp³-hybridized carbons (Fsp3) is 0.116. The molecule has 48 heavy (non-hydrogen) atoms. The third-order valence-electron chi connectivity index (χ3n) is 9.71. The van der Waals surface area contributed by atoms with Crippen molar-refractivity contribution in [2.75, 3.05) is 0 Å². The van der Waals surface area contributed by atoms with Gasteiger partial charge in [-0.15, -0.1) is 0 Å². The number of rotatable bonds is 6. The summed E-state index contributed by atoms with van der Waals surface area (Å²) in [5.74, 6) is 1.03. The van der Waals surface area contributed by atoms with Crippen LogP contribution in [0.1, 0.15) is 42.6 Å². The van der Waals surface area contributed by atoms with Gasteiger partial charge in [0.25, 0.3) is 0 Å². The molecular weight excluding hydrogens is 589 g/mol. The van der Waals surface area contributed by atoms with Crippen molar-refractivity contribution >= 4 is 50.6 Å². The van der Waals surface area contributed by atoms with E-state index in [1.807, 2.05) is 6.08 Å². The first-order valence-corrected chi connectivity index (χ1v) is 16.7. The van der Waals surface area contributed by atoms with Crippen LogP contribution >= 0.6 is 0 Å². The Balaban J connectivity index is 1.36. The zero-order valence-corrected chi connectivity index (χ0v) is 26.9. The third kappa shape index (κ3) is 4.39. The molecule has 2 aromatic heterocycles. The Morgan fingerprint density at radius 3 is 2.35 bits per heavy atom. The second-order valence-corrected chi connectivity index (χ2v) is 12.5. The molecular formula is C43H36N4O. The maximum absolute atomic E-state index is 6.56. The van der Waals surface area contributed by atoms with Gasteiger partial charge in [0, 0.05) is 39.5 Å². The van der Waals surface area contributed by atoms with Crippen molar-refractivity contribution < 1.29 is 4.74 Å². The second kappa shape index (κ2) is 11.4. The number of nitrogens with one attached hydrogen (secondary N) is 2. The molecule has 0 saturated carbocycles. The van der Waals surface area contributed by atoms with E-state index in [1.54, 1.807) is 0 Å². The van der Waals surface area contributed by atoms with Crippen LogP contribution in [0.2, 0.25) is 0 Å². The number of dihydropyridines is 1. The summed E-state index contributed by atoms with van der Waals surface area (Å²) < 4.78 is 11.4. The Bertz CT molecular complexity index is 2400. The SMILES string of the molecule is C=Cc1c(/C=C\C)c2ccc3c4ccccc4n(C4=CC(c5ccccc5)NC(C5NC6=C(CCC=C6)O5)=C4)c3c2n1-c1ccccc1. The van der Waals surface area contributed by atoms with E-state index in [2.05, 4.69) is 167 Å². The quantitative estimate of drug-likeness (QED) is 0.194. The molecule has 0 bridgehead atoms. The predicted molar refractivity (Wildman–Crippen MR) is 199 cm³/mol. The monoisotopic (exact) mass is 624 g/mol. The first kappa shape index (κ1) is 28.3. The Morgan fingerprint density at radius 2 is 1.56 bits per heavy atom. The highest BCUT2D eigenvalue weighted by Crippen LogP contribution is 2.43. The van der Waals surface area contributed by atoms with E-state index in [0.29, 0.717) is 0 Å². The third-order valence-corrected chi connectivity index (χ3v) is 9.71. The van der Waals surface area contributed by atoms with Crippen molar-refractivity contribution in [3.05, 3.63) is 168 Å². The van der Waals surface area contributed by atoms with Gasteiger partial charge < -0.3 is 24.5 Å². The first-order chi connectivity index (χ1) is 23.7. The summed E-state index contributed by atoms with van der Waals surface area (Å²) in [5.41, 5.74) is 11.2. The number of benzene rings is 4. The van der Waals surface area contributed by atoms with Crippen LogP contribution in [0.3, 0.4) is 0 Å². The van der Waals surface area contributed by atoms with E-state index in [4.69, 9.17) is 4.74 Å². The second-order valence-electron chi connectivity index (χ2n) is 12.5. The van der Waals surface area contributed by atoms with Gasteiger partial charge in [-0.25, -0.2) is 0 Å². The molecule has 5 heteroatoms. The molecule has 2 atom stereocenters. The van der Waals surface area contributed by atoms with Gasteiger partial charge in [-0.3, -0.25) is 0 Å². The molecule has 0 amide bonds. The molecule has 5 nitrogen and oxygen atoms in total. The van der Waals surface area contributed by atoms with Crippen molar-refractivity contribution in [1.82, 2.24) is 19.8 Å². The molecule has 2 unspecified atom stereocenters. The van der Waals surface area contributed by atoms with Crippen LogP contribution in [0.15, 0.2) is 151 Å². The lowest BCUT2D eigenvalue weighted by molar-refractivity contribution is 0.144. The summed E-state index contributed by atoms with van der Waals surface area (Å²) in [5, 5.41) is 11.1. The Kier molecular flexibility index (Phi) is 6.71. The molecule has 2 N–H and O–H groups in total. The lowest BCUT2D eigenvalue weighted by atomic mass is 10.0. The van der Waals surface area contributed by atoms with Crippen LogP contribution in [-0.4, -0.2) is 15.4 Å². The van der Waals surface area contributed by atoms with Crippen LogP contribution in [-0.2, 0) is 4.74 Å². The van der Waals surface area contributed by atoms with Gasteiger partial charge in [0.2, 0.25) is 6.23 Å². The van der Waals surface area contributed by atoms with Gasteiger partial charge in [0.15, 0.2) is 0 Å². The summed E-state index contributed by atoms with van der Waals surface area (Å²) in [7, 11) is 0. The van der Waals surface area contributed by atoms with Crippen molar-refractivity contribution in [2.24, 2.45) is 0 Å². The molecule has 0 spiro atoms. The highest BCUT2D eigenvalue weighted by Gasteiger charge is 2.32. The van der Waals surface area contributed by atoms with Gasteiger partial charge in [-0.05, 0) is 61.4 Å². The van der Waals surface area contributed by atoms with Gasteiger partial charge in [0.1, 0.15) is 5.76 Å². The fourth-order valence-electron chi connectivity index (χ4n) is 7.64. The van der Waals surface area contributed by atoms with E-state index >= 15 is 0 Å².